The van der Waals surface area contributed by atoms with E-state index in [4.69, 9.17) is 17.1 Å². The fourth-order valence-electron chi connectivity index (χ4n) is 5.04. The Bertz CT molecular complexity index is 544. The van der Waals surface area contributed by atoms with Gasteiger partial charge < -0.3 is 22.4 Å². The lowest BCUT2D eigenvalue weighted by Crippen LogP contribution is -2.59. The molecule has 1 atom stereocenters. The third-order valence-electron chi connectivity index (χ3n) is 4.82. The number of hydrogen-bond acceptors (Lipinski definition) is 5. The van der Waals surface area contributed by atoms with Crippen LogP contribution in [0.25, 0.3) is 0 Å². The summed E-state index contributed by atoms with van der Waals surface area (Å²) in [5, 5.41) is 3.73. The molecule has 0 spiro atoms. The highest BCUT2D eigenvalue weighted by molar-refractivity contribution is 6.89. The molecule has 1 aliphatic rings. The van der Waals surface area contributed by atoms with E-state index < -0.39 is 33.8 Å². The van der Waals surface area contributed by atoms with E-state index in [1.807, 2.05) is 0 Å². The molecule has 1 heterocycles. The van der Waals surface area contributed by atoms with Crippen LogP contribution in [-0.2, 0) is 17.1 Å². The predicted octanol–water partition coefficient (Wildman–Crippen LogP) is 8.74. The van der Waals surface area contributed by atoms with Crippen molar-refractivity contribution in [2.24, 2.45) is 0 Å². The first-order chi connectivity index (χ1) is 13.1. The standard InChI is InChI=1S/C21H51NO4Si4.4CH4/c1-20(2)17-19(18-21(3,4)22-20)23-15-14-16-30(13,25-28(8,9)10)26-29(11,12)24-27(5,6)7;;;;/h19,22H,14-18H2,1-13H3;4*1H4. The minimum atomic E-state index is -2.34. The first-order valence-electron chi connectivity index (χ1n) is 11.6. The Balaban J connectivity index is -0.00000112. The van der Waals surface area contributed by atoms with E-state index in [0.29, 0.717) is 6.10 Å². The van der Waals surface area contributed by atoms with Gasteiger partial charge in [0.05, 0.1) is 6.10 Å². The molecular formula is C25H67NO4Si4. The summed E-state index contributed by atoms with van der Waals surface area (Å²) >= 11 is 0. The van der Waals surface area contributed by atoms with Gasteiger partial charge >= 0.3 is 17.1 Å². The molecule has 1 unspecified atom stereocenters. The smallest absolute Gasteiger partial charge is 0.315 e. The molecule has 1 saturated heterocycles. The van der Waals surface area contributed by atoms with Crippen LogP contribution in [0.1, 0.15) is 76.7 Å². The molecule has 1 aliphatic heterocycles. The van der Waals surface area contributed by atoms with Crippen molar-refractivity contribution in [1.29, 1.82) is 0 Å². The molecule has 0 bridgehead atoms. The molecule has 0 radical (unpaired) electrons. The highest BCUT2D eigenvalue weighted by atomic mass is 28.5. The molecule has 0 saturated carbocycles. The second-order valence-electron chi connectivity index (χ2n) is 13.0. The van der Waals surface area contributed by atoms with Crippen molar-refractivity contribution in [3.05, 3.63) is 0 Å². The Hall–Kier alpha value is 0.668. The van der Waals surface area contributed by atoms with Crippen LogP contribution in [-0.4, -0.2) is 57.5 Å². The largest absolute Gasteiger partial charge is 0.437 e. The van der Waals surface area contributed by atoms with Crippen LogP contribution in [0.2, 0.25) is 65.0 Å². The summed E-state index contributed by atoms with van der Waals surface area (Å²) in [4.78, 5) is 0. The molecule has 0 aromatic rings. The minimum absolute atomic E-state index is 0. The lowest BCUT2D eigenvalue weighted by atomic mass is 9.81. The van der Waals surface area contributed by atoms with Gasteiger partial charge in [0, 0.05) is 17.7 Å². The van der Waals surface area contributed by atoms with Crippen molar-refractivity contribution in [1.82, 2.24) is 5.32 Å². The summed E-state index contributed by atoms with van der Waals surface area (Å²) in [5.74, 6) is 0. The second kappa shape index (κ2) is 14.6. The number of piperidine rings is 1. The second-order valence-corrected chi connectivity index (χ2v) is 29.4. The molecule has 0 aliphatic carbocycles. The van der Waals surface area contributed by atoms with Gasteiger partial charge in [0.25, 0.3) is 0 Å². The first-order valence-corrected chi connectivity index (χ1v) is 23.8. The average molecular weight is 558 g/mol. The SMILES string of the molecule is C.C.C.C.CC1(C)CC(OCCC[Si](C)(O[Si](C)(C)C)O[Si](C)(C)O[Si](C)(C)C)CC(C)(C)N1. The Morgan fingerprint density at radius 1 is 0.676 bits per heavy atom. The van der Waals surface area contributed by atoms with E-state index in [1.165, 1.54) is 0 Å². The Morgan fingerprint density at radius 2 is 1.09 bits per heavy atom. The normalized spacial score (nSPS) is 20.0. The monoisotopic (exact) mass is 557 g/mol. The fraction of sp³-hybridized carbons (Fsp3) is 1.00. The zero-order valence-corrected chi connectivity index (χ0v) is 26.2. The van der Waals surface area contributed by atoms with E-state index in [2.05, 4.69) is 91.9 Å². The number of hydrogen-bond donors (Lipinski definition) is 1. The summed E-state index contributed by atoms with van der Waals surface area (Å²) in [6, 6.07) is 0.959. The van der Waals surface area contributed by atoms with Gasteiger partial charge in [-0.3, -0.25) is 0 Å². The summed E-state index contributed by atoms with van der Waals surface area (Å²) in [6.07, 6.45) is 3.40. The lowest BCUT2D eigenvalue weighted by Gasteiger charge is -2.46. The summed E-state index contributed by atoms with van der Waals surface area (Å²) in [7, 11) is -7.94. The molecule has 1 fully saturated rings. The van der Waals surface area contributed by atoms with E-state index >= 15 is 0 Å². The molecule has 1 N–H and O–H groups in total. The number of nitrogens with one attached hydrogen (secondary N) is 1. The van der Waals surface area contributed by atoms with Crippen molar-refractivity contribution in [3.8, 4) is 0 Å². The van der Waals surface area contributed by atoms with Crippen LogP contribution < -0.4 is 5.32 Å². The number of rotatable bonds is 11. The maximum Gasteiger partial charge on any atom is 0.315 e. The van der Waals surface area contributed by atoms with E-state index in [1.54, 1.807) is 0 Å². The molecule has 1 rings (SSSR count). The molecule has 0 aromatic heterocycles. The fourth-order valence-corrected chi connectivity index (χ4v) is 23.0. The summed E-state index contributed by atoms with van der Waals surface area (Å²) < 4.78 is 26.3. The molecule has 34 heavy (non-hydrogen) atoms. The zero-order chi connectivity index (χ0) is 23.6. The maximum atomic E-state index is 6.77. The van der Waals surface area contributed by atoms with Crippen LogP contribution in [0, 0.1) is 0 Å². The lowest BCUT2D eigenvalue weighted by molar-refractivity contribution is -0.0217. The van der Waals surface area contributed by atoms with E-state index in [0.717, 1.165) is 31.9 Å². The summed E-state index contributed by atoms with van der Waals surface area (Å²) in [5.41, 5.74) is 0.229. The van der Waals surface area contributed by atoms with Crippen molar-refractivity contribution in [2.45, 2.75) is 159 Å². The van der Waals surface area contributed by atoms with Crippen molar-refractivity contribution < 1.29 is 17.1 Å². The molecule has 212 valence electrons. The van der Waals surface area contributed by atoms with Crippen LogP contribution >= 0.6 is 0 Å². The first kappa shape index (κ1) is 41.8. The topological polar surface area (TPSA) is 49.0 Å². The minimum Gasteiger partial charge on any atom is -0.437 e. The Labute approximate surface area is 221 Å². The molecule has 9 heteroatoms. The van der Waals surface area contributed by atoms with Gasteiger partial charge in [0.15, 0.2) is 16.6 Å². The van der Waals surface area contributed by atoms with Crippen molar-refractivity contribution in [2.75, 3.05) is 6.61 Å². The van der Waals surface area contributed by atoms with E-state index in [9.17, 15) is 0 Å². The highest BCUT2D eigenvalue weighted by Gasteiger charge is 2.44. The third-order valence-corrected chi connectivity index (χ3v) is 18.4. The molecule has 5 nitrogen and oxygen atoms in total. The quantitative estimate of drug-likeness (QED) is 0.203. The van der Waals surface area contributed by atoms with Crippen LogP contribution in [0.15, 0.2) is 0 Å². The van der Waals surface area contributed by atoms with Crippen LogP contribution in [0.3, 0.4) is 0 Å². The van der Waals surface area contributed by atoms with Gasteiger partial charge in [-0.15, -0.1) is 0 Å². The zero-order valence-electron chi connectivity index (χ0n) is 22.2. The van der Waals surface area contributed by atoms with Crippen LogP contribution in [0.5, 0.6) is 0 Å². The van der Waals surface area contributed by atoms with Crippen LogP contribution in [0.4, 0.5) is 0 Å². The maximum absolute atomic E-state index is 6.77. The van der Waals surface area contributed by atoms with Gasteiger partial charge in [-0.2, -0.15) is 0 Å². The van der Waals surface area contributed by atoms with Crippen molar-refractivity contribution >= 4 is 33.8 Å². The van der Waals surface area contributed by atoms with Gasteiger partial charge in [-0.25, -0.2) is 0 Å². The molecule has 0 aromatic carbocycles. The Morgan fingerprint density at radius 3 is 1.47 bits per heavy atom. The van der Waals surface area contributed by atoms with Gasteiger partial charge in [-0.1, -0.05) is 29.7 Å². The van der Waals surface area contributed by atoms with Gasteiger partial charge in [0.1, 0.15) is 0 Å². The predicted molar refractivity (Wildman–Crippen MR) is 166 cm³/mol. The van der Waals surface area contributed by atoms with Gasteiger partial charge in [-0.05, 0) is 112 Å². The molecular weight excluding hydrogens is 491 g/mol. The Kier molecular flexibility index (Phi) is 17.9. The number of ether oxygens (including phenoxy) is 1. The van der Waals surface area contributed by atoms with Crippen molar-refractivity contribution in [3.63, 3.8) is 0 Å². The summed E-state index contributed by atoms with van der Waals surface area (Å²) in [6.45, 7) is 29.9. The molecule has 0 amide bonds. The van der Waals surface area contributed by atoms with Gasteiger partial charge in [0.2, 0.25) is 0 Å². The highest BCUT2D eigenvalue weighted by Crippen LogP contribution is 2.31. The average Bonchev–Trinajstić information content (AvgIpc) is 2.33. The van der Waals surface area contributed by atoms with E-state index in [-0.39, 0.29) is 40.8 Å². The third kappa shape index (κ3) is 18.0.